The molecular weight excluding hydrogens is 573 g/mol. The molecule has 5 rings (SSSR count). The summed E-state index contributed by atoms with van der Waals surface area (Å²) in [6, 6.07) is 22.5. The Bertz CT molecular complexity index is 1410. The summed E-state index contributed by atoms with van der Waals surface area (Å²) in [6.45, 7) is 2.04. The van der Waals surface area contributed by atoms with Crippen LogP contribution >= 0.6 is 23.2 Å². The zero-order chi connectivity index (χ0) is 29.4. The van der Waals surface area contributed by atoms with Gasteiger partial charge in [-0.2, -0.15) is 0 Å². The van der Waals surface area contributed by atoms with Gasteiger partial charge in [0.05, 0.1) is 6.61 Å². The smallest absolute Gasteiger partial charge is 0.266 e. The highest BCUT2D eigenvalue weighted by Gasteiger charge is 2.53. The van der Waals surface area contributed by atoms with E-state index in [4.69, 9.17) is 42.8 Å². The molecule has 2 heterocycles. The molecule has 2 N–H and O–H groups in total. The third-order valence-corrected chi connectivity index (χ3v) is 7.99. The van der Waals surface area contributed by atoms with Crippen LogP contribution in [0.2, 0.25) is 10.0 Å². The van der Waals surface area contributed by atoms with E-state index in [1.165, 1.54) is 0 Å². The van der Waals surface area contributed by atoms with Crippen LogP contribution in [0.15, 0.2) is 83.9 Å². The van der Waals surface area contributed by atoms with Crippen molar-refractivity contribution in [1.29, 1.82) is 0 Å². The van der Waals surface area contributed by atoms with Gasteiger partial charge in [0.25, 0.3) is 5.91 Å². The van der Waals surface area contributed by atoms with Crippen molar-refractivity contribution < 1.29 is 19.4 Å². The number of piperidine rings is 1. The van der Waals surface area contributed by atoms with Crippen LogP contribution in [0.25, 0.3) is 6.08 Å². The standard InChI is InChI=1S/C33H35Cl2N3O4/c34-26-14-17-28(29(35)23-26)30-33(18-7-11-24-9-3-1-4-10-24,32(40)37-38-19-5-2-6-20-38)36-31(42-30)25-12-15-27(16-13-25)41-22-8-21-39/h1,3-4,7,9-17,23,30,39H,2,5-6,8,18-22H2,(H,37,40)/b11-7+/t30-,33-/m0/s1. The summed E-state index contributed by atoms with van der Waals surface area (Å²) < 4.78 is 12.2. The quantitative estimate of drug-likeness (QED) is 0.239. The molecule has 1 saturated heterocycles. The minimum absolute atomic E-state index is 0.0671. The predicted molar refractivity (Wildman–Crippen MR) is 167 cm³/mol. The number of hydrogen-bond donors (Lipinski definition) is 2. The lowest BCUT2D eigenvalue weighted by molar-refractivity contribution is -0.134. The van der Waals surface area contributed by atoms with Gasteiger partial charge in [0.1, 0.15) is 5.75 Å². The zero-order valence-corrected chi connectivity index (χ0v) is 24.9. The van der Waals surface area contributed by atoms with Crippen LogP contribution < -0.4 is 10.2 Å². The molecule has 0 radical (unpaired) electrons. The molecule has 9 heteroatoms. The minimum atomic E-state index is -1.34. The molecule has 2 aliphatic heterocycles. The molecule has 0 saturated carbocycles. The van der Waals surface area contributed by atoms with Crippen molar-refractivity contribution in [3.8, 4) is 5.75 Å². The fourth-order valence-electron chi connectivity index (χ4n) is 5.19. The summed E-state index contributed by atoms with van der Waals surface area (Å²) in [7, 11) is 0. The van der Waals surface area contributed by atoms with Crippen molar-refractivity contribution in [2.75, 3.05) is 26.3 Å². The molecule has 7 nitrogen and oxygen atoms in total. The molecule has 3 aromatic carbocycles. The van der Waals surface area contributed by atoms with E-state index in [1.807, 2.05) is 71.8 Å². The number of ether oxygens (including phenoxy) is 2. The first-order valence-electron chi connectivity index (χ1n) is 14.3. The van der Waals surface area contributed by atoms with E-state index in [0.717, 1.165) is 37.9 Å². The number of aliphatic hydroxyl groups excluding tert-OH is 1. The summed E-state index contributed by atoms with van der Waals surface area (Å²) in [4.78, 5) is 19.4. The van der Waals surface area contributed by atoms with Crippen molar-refractivity contribution in [3.63, 3.8) is 0 Å². The molecule has 0 aromatic heterocycles. The number of aliphatic imine (C=N–C) groups is 1. The first kappa shape index (κ1) is 30.1. The second-order valence-electron chi connectivity index (χ2n) is 10.5. The Kier molecular flexibility index (Phi) is 10.2. The van der Waals surface area contributed by atoms with E-state index in [1.54, 1.807) is 18.2 Å². The van der Waals surface area contributed by atoms with E-state index in [2.05, 4.69) is 5.43 Å². The molecule has 2 aliphatic rings. The predicted octanol–water partition coefficient (Wildman–Crippen LogP) is 6.63. The van der Waals surface area contributed by atoms with Crippen molar-refractivity contribution in [3.05, 3.63) is 106 Å². The first-order chi connectivity index (χ1) is 20.5. The lowest BCUT2D eigenvalue weighted by Gasteiger charge is -2.34. The number of rotatable bonds is 11. The number of halogens is 2. The van der Waals surface area contributed by atoms with Crippen molar-refractivity contribution >= 4 is 41.1 Å². The molecule has 0 unspecified atom stereocenters. The second-order valence-corrected chi connectivity index (χ2v) is 11.3. The first-order valence-corrected chi connectivity index (χ1v) is 15.1. The van der Waals surface area contributed by atoms with Crippen molar-refractivity contribution in [2.45, 2.75) is 43.7 Å². The fraction of sp³-hybridized carbons (Fsp3) is 0.333. The Morgan fingerprint density at radius 1 is 1.07 bits per heavy atom. The van der Waals surface area contributed by atoms with E-state index < -0.39 is 11.6 Å². The van der Waals surface area contributed by atoms with Gasteiger partial charge in [-0.05, 0) is 54.8 Å². The molecule has 220 valence electrons. The van der Waals surface area contributed by atoms with Crippen LogP contribution in [-0.2, 0) is 9.53 Å². The minimum Gasteiger partial charge on any atom is -0.494 e. The van der Waals surface area contributed by atoms with E-state index in [-0.39, 0.29) is 18.9 Å². The number of carbonyl (C=O) groups excluding carboxylic acids is 1. The summed E-state index contributed by atoms with van der Waals surface area (Å²) in [5.41, 5.74) is 4.17. The number of hydrazine groups is 1. The van der Waals surface area contributed by atoms with Crippen molar-refractivity contribution in [1.82, 2.24) is 10.4 Å². The van der Waals surface area contributed by atoms with E-state index in [0.29, 0.717) is 45.8 Å². The average molecular weight is 609 g/mol. The molecule has 0 spiro atoms. The van der Waals surface area contributed by atoms with Gasteiger partial charge in [0, 0.05) is 53.7 Å². The third kappa shape index (κ3) is 7.16. The molecular formula is C33H35Cl2N3O4. The lowest BCUT2D eigenvalue weighted by Crippen LogP contribution is -2.55. The Balaban J connectivity index is 1.54. The highest BCUT2D eigenvalue weighted by atomic mass is 35.5. The average Bonchev–Trinajstić information content (AvgIpc) is 3.39. The number of benzene rings is 3. The highest BCUT2D eigenvalue weighted by molar-refractivity contribution is 6.35. The van der Waals surface area contributed by atoms with Crippen LogP contribution in [0.1, 0.15) is 54.9 Å². The molecule has 2 atom stereocenters. The molecule has 42 heavy (non-hydrogen) atoms. The topological polar surface area (TPSA) is 83.4 Å². The normalized spacial score (nSPS) is 20.7. The number of aliphatic hydroxyl groups is 1. The van der Waals surface area contributed by atoms with Gasteiger partial charge in [0.2, 0.25) is 5.90 Å². The van der Waals surface area contributed by atoms with Gasteiger partial charge in [-0.1, -0.05) is 78.2 Å². The number of amides is 1. The molecule has 0 aliphatic carbocycles. The largest absolute Gasteiger partial charge is 0.494 e. The maximum Gasteiger partial charge on any atom is 0.266 e. The van der Waals surface area contributed by atoms with E-state index >= 15 is 0 Å². The summed E-state index contributed by atoms with van der Waals surface area (Å²) in [6.07, 6.45) is 7.16. The monoisotopic (exact) mass is 607 g/mol. The van der Waals surface area contributed by atoms with Gasteiger partial charge in [-0.15, -0.1) is 0 Å². The Labute approximate surface area is 256 Å². The lowest BCUT2D eigenvalue weighted by atomic mass is 9.84. The third-order valence-electron chi connectivity index (χ3n) is 7.43. The SMILES string of the molecule is O=C(NN1CCCCC1)[C@@]1(C/C=C/c2ccccc2)N=C(c2ccc(OCCCO)cc2)O[C@H]1c1ccc(Cl)cc1Cl. The molecule has 1 amide bonds. The summed E-state index contributed by atoms with van der Waals surface area (Å²) in [5.74, 6) is 0.759. The maximum absolute atomic E-state index is 14.3. The number of nitrogens with one attached hydrogen (secondary N) is 1. The number of carbonyl (C=O) groups is 1. The van der Waals surface area contributed by atoms with Crippen LogP contribution in [0, 0.1) is 0 Å². The Hall–Kier alpha value is -3.36. The summed E-state index contributed by atoms with van der Waals surface area (Å²) in [5, 5.41) is 11.9. The van der Waals surface area contributed by atoms with Gasteiger partial charge in [-0.3, -0.25) is 10.2 Å². The summed E-state index contributed by atoms with van der Waals surface area (Å²) >= 11 is 13.0. The Morgan fingerprint density at radius 2 is 1.83 bits per heavy atom. The molecule has 1 fully saturated rings. The van der Waals surface area contributed by atoms with E-state index in [9.17, 15) is 4.79 Å². The van der Waals surface area contributed by atoms with Crippen molar-refractivity contribution in [2.24, 2.45) is 4.99 Å². The van der Waals surface area contributed by atoms with Crippen LogP contribution in [0.5, 0.6) is 5.75 Å². The van der Waals surface area contributed by atoms with Gasteiger partial charge < -0.3 is 14.6 Å². The van der Waals surface area contributed by atoms with Gasteiger partial charge in [-0.25, -0.2) is 10.0 Å². The molecule has 0 bridgehead atoms. The second kappa shape index (κ2) is 14.2. The highest BCUT2D eigenvalue weighted by Crippen LogP contribution is 2.45. The van der Waals surface area contributed by atoms with Gasteiger partial charge >= 0.3 is 0 Å². The van der Waals surface area contributed by atoms with Crippen LogP contribution in [0.4, 0.5) is 0 Å². The molecule has 3 aromatic rings. The zero-order valence-electron chi connectivity index (χ0n) is 23.3. The number of hydrogen-bond acceptors (Lipinski definition) is 6. The van der Waals surface area contributed by atoms with Gasteiger partial charge in [0.15, 0.2) is 11.6 Å². The number of nitrogens with zero attached hydrogens (tertiary/aromatic N) is 2. The van der Waals surface area contributed by atoms with Crippen LogP contribution in [-0.4, -0.2) is 53.8 Å². The fourth-order valence-corrected chi connectivity index (χ4v) is 5.70. The maximum atomic E-state index is 14.3. The Morgan fingerprint density at radius 3 is 2.55 bits per heavy atom. The van der Waals surface area contributed by atoms with Crippen LogP contribution in [0.3, 0.4) is 0 Å².